The van der Waals surface area contributed by atoms with E-state index in [9.17, 15) is 19.2 Å². The van der Waals surface area contributed by atoms with Crippen LogP contribution >= 0.6 is 11.3 Å². The van der Waals surface area contributed by atoms with E-state index >= 15 is 0 Å². The van der Waals surface area contributed by atoms with Gasteiger partial charge in [0.25, 0.3) is 11.8 Å². The summed E-state index contributed by atoms with van der Waals surface area (Å²) in [5, 5.41) is 4.55. The molecule has 1 aromatic rings. The molecular weight excluding hydrogens is 356 g/mol. The van der Waals surface area contributed by atoms with Gasteiger partial charge in [0.15, 0.2) is 6.10 Å². The Balaban J connectivity index is 1.57. The van der Waals surface area contributed by atoms with E-state index < -0.39 is 23.9 Å². The van der Waals surface area contributed by atoms with Crippen LogP contribution in [-0.4, -0.2) is 29.7 Å². The van der Waals surface area contributed by atoms with E-state index in [0.29, 0.717) is 17.8 Å². The van der Waals surface area contributed by atoms with Crippen LogP contribution in [0.2, 0.25) is 0 Å². The molecule has 0 radical (unpaired) electrons. The highest BCUT2D eigenvalue weighted by molar-refractivity contribution is 7.14. The zero-order valence-corrected chi connectivity index (χ0v) is 15.3. The summed E-state index contributed by atoms with van der Waals surface area (Å²) in [4.78, 5) is 48.1. The van der Waals surface area contributed by atoms with E-state index in [4.69, 9.17) is 10.5 Å². The molecule has 26 heavy (non-hydrogen) atoms. The number of carbonyl (C=O) groups is 4. The standard InChI is InChI=1S/C18H22N2O5S/c1-9(16(23)20-17-13(15(19)22)5-6-26-17)25-18(24)12-7-10-3-2-4-11(8-12)14(10)21/h5-6,9-12H,2-4,7-8H2,1H3,(H2,19,22)(H,20,23)/t9-,10-,11+,12?/m0/s1. The Morgan fingerprint density at radius 3 is 2.54 bits per heavy atom. The van der Waals surface area contributed by atoms with Crippen molar-refractivity contribution >= 4 is 39.9 Å². The molecule has 2 aliphatic carbocycles. The van der Waals surface area contributed by atoms with Crippen LogP contribution in [-0.2, 0) is 19.1 Å². The van der Waals surface area contributed by atoms with Crippen molar-refractivity contribution in [2.24, 2.45) is 23.5 Å². The van der Waals surface area contributed by atoms with Gasteiger partial charge < -0.3 is 15.8 Å². The molecule has 2 bridgehead atoms. The third kappa shape index (κ3) is 3.80. The number of thiophene rings is 1. The van der Waals surface area contributed by atoms with Crippen LogP contribution in [0.1, 0.15) is 49.4 Å². The van der Waals surface area contributed by atoms with Crippen LogP contribution in [0.15, 0.2) is 11.4 Å². The molecule has 0 aromatic carbocycles. The van der Waals surface area contributed by atoms with Gasteiger partial charge in [-0.1, -0.05) is 6.42 Å². The van der Waals surface area contributed by atoms with Crippen molar-refractivity contribution < 1.29 is 23.9 Å². The van der Waals surface area contributed by atoms with Crippen molar-refractivity contribution in [1.29, 1.82) is 0 Å². The van der Waals surface area contributed by atoms with E-state index in [1.165, 1.54) is 24.3 Å². The van der Waals surface area contributed by atoms with Crippen LogP contribution in [0, 0.1) is 17.8 Å². The summed E-state index contributed by atoms with van der Waals surface area (Å²) < 4.78 is 5.33. The van der Waals surface area contributed by atoms with E-state index in [0.717, 1.165) is 19.3 Å². The summed E-state index contributed by atoms with van der Waals surface area (Å²) in [5.41, 5.74) is 5.47. The van der Waals surface area contributed by atoms with E-state index in [2.05, 4.69) is 5.32 Å². The summed E-state index contributed by atoms with van der Waals surface area (Å²) in [5.74, 6) is -1.73. The van der Waals surface area contributed by atoms with Crippen molar-refractivity contribution in [2.75, 3.05) is 5.32 Å². The lowest BCUT2D eigenvalue weighted by atomic mass is 9.67. The average molecular weight is 378 g/mol. The minimum atomic E-state index is -0.997. The van der Waals surface area contributed by atoms with Gasteiger partial charge >= 0.3 is 5.97 Å². The van der Waals surface area contributed by atoms with Crippen molar-refractivity contribution in [3.63, 3.8) is 0 Å². The van der Waals surface area contributed by atoms with E-state index in [-0.39, 0.29) is 29.1 Å². The number of carbonyl (C=O) groups excluding carboxylic acids is 4. The minimum Gasteiger partial charge on any atom is -0.452 e. The predicted molar refractivity (Wildman–Crippen MR) is 95.6 cm³/mol. The average Bonchev–Trinajstić information content (AvgIpc) is 3.02. The van der Waals surface area contributed by atoms with Gasteiger partial charge in [-0.3, -0.25) is 19.2 Å². The third-order valence-corrected chi connectivity index (χ3v) is 6.04. The Hall–Kier alpha value is -2.22. The molecule has 2 amide bonds. The number of anilines is 1. The first-order chi connectivity index (χ1) is 12.4. The Labute approximate surface area is 155 Å². The highest BCUT2D eigenvalue weighted by Crippen LogP contribution is 2.40. The molecule has 0 spiro atoms. The molecule has 1 heterocycles. The number of ketones is 1. The minimum absolute atomic E-state index is 0.0478. The normalized spacial score (nSPS) is 26.0. The quantitative estimate of drug-likeness (QED) is 0.761. The van der Waals surface area contributed by atoms with Gasteiger partial charge in [0.1, 0.15) is 10.8 Å². The fraction of sp³-hybridized carbons (Fsp3) is 0.556. The molecule has 1 aromatic heterocycles. The Bertz CT molecular complexity index is 728. The van der Waals surface area contributed by atoms with Crippen molar-refractivity contribution in [3.8, 4) is 0 Å². The van der Waals surface area contributed by atoms with Crippen molar-refractivity contribution in [3.05, 3.63) is 17.0 Å². The second kappa shape index (κ2) is 7.57. The summed E-state index contributed by atoms with van der Waals surface area (Å²) in [6.45, 7) is 1.49. The molecule has 140 valence electrons. The van der Waals surface area contributed by atoms with Gasteiger partial charge in [-0.05, 0) is 44.1 Å². The number of primary amides is 1. The summed E-state index contributed by atoms with van der Waals surface area (Å²) in [7, 11) is 0. The Morgan fingerprint density at radius 1 is 1.27 bits per heavy atom. The molecule has 8 heteroatoms. The summed E-state index contributed by atoms with van der Waals surface area (Å²) in [6.07, 6.45) is 2.73. The molecule has 1 unspecified atom stereocenters. The first-order valence-electron chi connectivity index (χ1n) is 8.79. The van der Waals surface area contributed by atoms with E-state index in [1.807, 2.05) is 0 Å². The van der Waals surface area contributed by atoms with Crippen LogP contribution < -0.4 is 11.1 Å². The van der Waals surface area contributed by atoms with Crippen LogP contribution in [0.3, 0.4) is 0 Å². The van der Waals surface area contributed by atoms with Crippen LogP contribution in [0.25, 0.3) is 0 Å². The number of hydrogen-bond acceptors (Lipinski definition) is 6. The molecule has 3 N–H and O–H groups in total. The number of ether oxygens (including phenoxy) is 1. The third-order valence-electron chi connectivity index (χ3n) is 5.21. The van der Waals surface area contributed by atoms with Crippen LogP contribution in [0.4, 0.5) is 5.00 Å². The molecule has 7 nitrogen and oxygen atoms in total. The Kier molecular flexibility index (Phi) is 5.41. The Morgan fingerprint density at radius 2 is 1.92 bits per heavy atom. The predicted octanol–water partition coefficient (Wildman–Crippen LogP) is 2.11. The smallest absolute Gasteiger partial charge is 0.309 e. The zero-order valence-electron chi connectivity index (χ0n) is 14.5. The van der Waals surface area contributed by atoms with Gasteiger partial charge in [-0.15, -0.1) is 11.3 Å². The summed E-state index contributed by atoms with van der Waals surface area (Å²) in [6, 6.07) is 1.52. The second-order valence-corrected chi connectivity index (χ2v) is 7.91. The maximum Gasteiger partial charge on any atom is 0.309 e. The van der Waals surface area contributed by atoms with Gasteiger partial charge in [0.05, 0.1) is 11.5 Å². The molecule has 2 saturated carbocycles. The highest BCUT2D eigenvalue weighted by Gasteiger charge is 2.42. The number of rotatable bonds is 5. The van der Waals surface area contributed by atoms with Crippen molar-refractivity contribution in [2.45, 2.75) is 45.1 Å². The number of fused-ring (bicyclic) bond motifs is 2. The monoisotopic (exact) mass is 378 g/mol. The fourth-order valence-corrected chi connectivity index (χ4v) is 4.61. The lowest BCUT2D eigenvalue weighted by Crippen LogP contribution is -2.41. The maximum absolute atomic E-state index is 12.4. The number of amides is 2. The highest BCUT2D eigenvalue weighted by atomic mass is 32.1. The molecular formula is C18H22N2O5S. The zero-order chi connectivity index (χ0) is 18.8. The molecule has 3 rings (SSSR count). The lowest BCUT2D eigenvalue weighted by Gasteiger charge is -2.36. The molecule has 2 fully saturated rings. The van der Waals surface area contributed by atoms with E-state index in [1.54, 1.807) is 5.38 Å². The molecule has 0 aliphatic heterocycles. The molecule has 4 atom stereocenters. The summed E-state index contributed by atoms with van der Waals surface area (Å²) >= 11 is 1.17. The molecule has 2 aliphatic rings. The molecule has 0 saturated heterocycles. The second-order valence-electron chi connectivity index (χ2n) is 6.99. The van der Waals surface area contributed by atoms with Crippen LogP contribution in [0.5, 0.6) is 0 Å². The first kappa shape index (κ1) is 18.6. The van der Waals surface area contributed by atoms with Gasteiger partial charge in [0.2, 0.25) is 0 Å². The van der Waals surface area contributed by atoms with Gasteiger partial charge in [0, 0.05) is 11.8 Å². The SMILES string of the molecule is C[C@H](OC(=O)C1C[C@H]2CCC[C@@H](C1)C2=O)C(=O)Nc1sccc1C(N)=O. The fourth-order valence-electron chi connectivity index (χ4n) is 3.81. The van der Waals surface area contributed by atoms with Gasteiger partial charge in [-0.25, -0.2) is 0 Å². The lowest BCUT2D eigenvalue weighted by molar-refractivity contribution is -0.161. The number of nitrogens with one attached hydrogen (secondary N) is 1. The number of Topliss-reactive ketones (excluding diaryl/α,β-unsaturated/α-hetero) is 1. The van der Waals surface area contributed by atoms with Gasteiger partial charge in [-0.2, -0.15) is 0 Å². The number of nitrogens with two attached hydrogens (primary N) is 1. The van der Waals surface area contributed by atoms with Crippen molar-refractivity contribution in [1.82, 2.24) is 0 Å². The number of hydrogen-bond donors (Lipinski definition) is 2. The number of esters is 1. The topological polar surface area (TPSA) is 116 Å². The largest absolute Gasteiger partial charge is 0.452 e. The first-order valence-corrected chi connectivity index (χ1v) is 9.67. The maximum atomic E-state index is 12.4.